The molecule has 13 heavy (non-hydrogen) atoms. The average Bonchev–Trinajstić information content (AvgIpc) is 2.52. The van der Waals surface area contributed by atoms with E-state index in [0.29, 0.717) is 18.7 Å². The number of terminal acetylenes is 1. The lowest BCUT2D eigenvalue weighted by atomic mass is 10.4. The van der Waals surface area contributed by atoms with Gasteiger partial charge in [0.2, 0.25) is 0 Å². The molecule has 68 valence electrons. The first-order valence-corrected chi connectivity index (χ1v) is 4.02. The lowest BCUT2D eigenvalue weighted by Crippen LogP contribution is -2.23. The fraction of sp³-hybridized carbons (Fsp3) is 0.300. The Hall–Kier alpha value is -1.69. The lowest BCUT2D eigenvalue weighted by molar-refractivity contribution is 0.0925. The van der Waals surface area contributed by atoms with Gasteiger partial charge >= 0.3 is 0 Å². The molecule has 1 heterocycles. The van der Waals surface area contributed by atoms with Gasteiger partial charge in [0.1, 0.15) is 5.76 Å². The molecule has 1 rings (SSSR count). The zero-order valence-electron chi connectivity index (χ0n) is 7.46. The standard InChI is InChI=1S/C10H11NO2/c1-3-4-7-11-10(12)9-6-5-8(2)13-9/h1,5-6H,4,7H2,2H3,(H,11,12). The van der Waals surface area contributed by atoms with Crippen molar-refractivity contribution in [1.29, 1.82) is 0 Å². The fourth-order valence-electron chi connectivity index (χ4n) is 0.892. The maximum absolute atomic E-state index is 11.3. The van der Waals surface area contributed by atoms with Crippen LogP contribution < -0.4 is 5.32 Å². The number of furan rings is 1. The Labute approximate surface area is 77.1 Å². The molecule has 0 saturated heterocycles. The Kier molecular flexibility index (Phi) is 3.15. The lowest BCUT2D eigenvalue weighted by Gasteiger charge is -1.98. The topological polar surface area (TPSA) is 42.2 Å². The number of hydrogen-bond donors (Lipinski definition) is 1. The van der Waals surface area contributed by atoms with Crippen LogP contribution >= 0.6 is 0 Å². The molecule has 0 aromatic carbocycles. The predicted octanol–water partition coefficient (Wildman–Crippen LogP) is 1.34. The van der Waals surface area contributed by atoms with E-state index in [4.69, 9.17) is 10.8 Å². The summed E-state index contributed by atoms with van der Waals surface area (Å²) in [4.78, 5) is 11.3. The summed E-state index contributed by atoms with van der Waals surface area (Å²) in [5.41, 5.74) is 0. The van der Waals surface area contributed by atoms with Gasteiger partial charge in [-0.1, -0.05) is 0 Å². The molecule has 1 aromatic heterocycles. The molecular weight excluding hydrogens is 166 g/mol. The minimum atomic E-state index is -0.219. The summed E-state index contributed by atoms with van der Waals surface area (Å²) in [7, 11) is 0. The highest BCUT2D eigenvalue weighted by atomic mass is 16.3. The van der Waals surface area contributed by atoms with Crippen molar-refractivity contribution in [2.24, 2.45) is 0 Å². The van der Waals surface area contributed by atoms with Crippen molar-refractivity contribution in [3.8, 4) is 12.3 Å². The zero-order chi connectivity index (χ0) is 9.68. The summed E-state index contributed by atoms with van der Waals surface area (Å²) in [6.07, 6.45) is 5.57. The average molecular weight is 177 g/mol. The van der Waals surface area contributed by atoms with Gasteiger partial charge in [-0.25, -0.2) is 0 Å². The van der Waals surface area contributed by atoms with Crippen LogP contribution in [0.4, 0.5) is 0 Å². The van der Waals surface area contributed by atoms with Crippen LogP contribution in [0.1, 0.15) is 22.7 Å². The fourth-order valence-corrected chi connectivity index (χ4v) is 0.892. The molecule has 0 bridgehead atoms. The van der Waals surface area contributed by atoms with Crippen LogP contribution in [-0.4, -0.2) is 12.5 Å². The van der Waals surface area contributed by atoms with Crippen LogP contribution in [0.2, 0.25) is 0 Å². The molecule has 0 unspecified atom stereocenters. The second kappa shape index (κ2) is 4.36. The highest BCUT2D eigenvalue weighted by Crippen LogP contribution is 2.05. The zero-order valence-corrected chi connectivity index (χ0v) is 7.46. The van der Waals surface area contributed by atoms with E-state index in [9.17, 15) is 4.79 Å². The molecule has 0 radical (unpaired) electrons. The van der Waals surface area contributed by atoms with Crippen LogP contribution in [0.5, 0.6) is 0 Å². The van der Waals surface area contributed by atoms with Gasteiger partial charge in [-0.05, 0) is 19.1 Å². The molecule has 1 aromatic rings. The number of rotatable bonds is 3. The molecule has 0 fully saturated rings. The maximum Gasteiger partial charge on any atom is 0.287 e. The molecule has 3 heteroatoms. The number of nitrogens with one attached hydrogen (secondary N) is 1. The van der Waals surface area contributed by atoms with E-state index in [0.717, 1.165) is 5.76 Å². The van der Waals surface area contributed by atoms with Crippen LogP contribution in [0.3, 0.4) is 0 Å². The first kappa shape index (κ1) is 9.40. The number of carbonyl (C=O) groups is 1. The molecular formula is C10H11NO2. The summed E-state index contributed by atoms with van der Waals surface area (Å²) >= 11 is 0. The van der Waals surface area contributed by atoms with E-state index < -0.39 is 0 Å². The summed E-state index contributed by atoms with van der Waals surface area (Å²) in [5, 5.41) is 2.64. The highest BCUT2D eigenvalue weighted by Gasteiger charge is 2.07. The summed E-state index contributed by atoms with van der Waals surface area (Å²) < 4.78 is 5.11. The Balaban J connectivity index is 2.45. The van der Waals surface area contributed by atoms with E-state index in [1.165, 1.54) is 0 Å². The number of carbonyl (C=O) groups excluding carboxylic acids is 1. The van der Waals surface area contributed by atoms with Crippen molar-refractivity contribution in [3.05, 3.63) is 23.7 Å². The molecule has 0 saturated carbocycles. The smallest absolute Gasteiger partial charge is 0.287 e. The number of hydrogen-bond acceptors (Lipinski definition) is 2. The van der Waals surface area contributed by atoms with Crippen molar-refractivity contribution in [2.75, 3.05) is 6.54 Å². The molecule has 0 aliphatic heterocycles. The van der Waals surface area contributed by atoms with Gasteiger partial charge in [0, 0.05) is 13.0 Å². The van der Waals surface area contributed by atoms with Gasteiger partial charge in [-0.2, -0.15) is 0 Å². The summed E-state index contributed by atoms with van der Waals surface area (Å²) in [5.74, 6) is 3.27. The van der Waals surface area contributed by atoms with E-state index >= 15 is 0 Å². The van der Waals surface area contributed by atoms with Gasteiger partial charge in [-0.3, -0.25) is 4.79 Å². The largest absolute Gasteiger partial charge is 0.456 e. The molecule has 0 aliphatic rings. The van der Waals surface area contributed by atoms with Gasteiger partial charge in [-0.15, -0.1) is 12.3 Å². The van der Waals surface area contributed by atoms with Crippen LogP contribution in [0.15, 0.2) is 16.5 Å². The van der Waals surface area contributed by atoms with Gasteiger partial charge in [0.05, 0.1) is 0 Å². The molecule has 0 aliphatic carbocycles. The minimum Gasteiger partial charge on any atom is -0.456 e. The van der Waals surface area contributed by atoms with Gasteiger partial charge in [0.25, 0.3) is 5.91 Å². The van der Waals surface area contributed by atoms with Crippen LogP contribution in [0, 0.1) is 19.3 Å². The third-order valence-corrected chi connectivity index (χ3v) is 1.52. The summed E-state index contributed by atoms with van der Waals surface area (Å²) in [6, 6.07) is 3.39. The Morgan fingerprint density at radius 2 is 2.46 bits per heavy atom. The first-order chi connectivity index (χ1) is 6.24. The van der Waals surface area contributed by atoms with Crippen molar-refractivity contribution in [3.63, 3.8) is 0 Å². The van der Waals surface area contributed by atoms with Crippen molar-refractivity contribution in [1.82, 2.24) is 5.32 Å². The molecule has 1 amide bonds. The predicted molar refractivity (Wildman–Crippen MR) is 49.2 cm³/mol. The second-order valence-electron chi connectivity index (χ2n) is 2.62. The van der Waals surface area contributed by atoms with Crippen LogP contribution in [0.25, 0.3) is 0 Å². The van der Waals surface area contributed by atoms with Crippen molar-refractivity contribution >= 4 is 5.91 Å². The number of aryl methyl sites for hydroxylation is 1. The third kappa shape index (κ3) is 2.68. The quantitative estimate of drug-likeness (QED) is 0.559. The summed E-state index contributed by atoms with van der Waals surface area (Å²) in [6.45, 7) is 2.27. The Morgan fingerprint density at radius 3 is 3.00 bits per heavy atom. The Bertz CT molecular complexity index is 333. The molecule has 3 nitrogen and oxygen atoms in total. The SMILES string of the molecule is C#CCCNC(=O)c1ccc(C)o1. The van der Waals surface area contributed by atoms with E-state index in [1.54, 1.807) is 19.1 Å². The van der Waals surface area contributed by atoms with Gasteiger partial charge < -0.3 is 9.73 Å². The van der Waals surface area contributed by atoms with E-state index in [1.807, 2.05) is 0 Å². The molecule has 0 atom stereocenters. The monoisotopic (exact) mass is 177 g/mol. The van der Waals surface area contributed by atoms with E-state index in [-0.39, 0.29) is 5.91 Å². The van der Waals surface area contributed by atoms with Gasteiger partial charge in [0.15, 0.2) is 5.76 Å². The Morgan fingerprint density at radius 1 is 1.69 bits per heavy atom. The van der Waals surface area contributed by atoms with Crippen molar-refractivity contribution in [2.45, 2.75) is 13.3 Å². The normalized spacial score (nSPS) is 9.23. The molecule has 0 spiro atoms. The first-order valence-electron chi connectivity index (χ1n) is 4.02. The minimum absolute atomic E-state index is 0.219. The molecule has 1 N–H and O–H groups in total. The van der Waals surface area contributed by atoms with Crippen molar-refractivity contribution < 1.29 is 9.21 Å². The third-order valence-electron chi connectivity index (χ3n) is 1.52. The van der Waals surface area contributed by atoms with E-state index in [2.05, 4.69) is 11.2 Å². The number of amides is 1. The highest BCUT2D eigenvalue weighted by molar-refractivity contribution is 5.91. The second-order valence-corrected chi connectivity index (χ2v) is 2.62. The maximum atomic E-state index is 11.3. The van der Waals surface area contributed by atoms with Crippen LogP contribution in [-0.2, 0) is 0 Å².